The van der Waals surface area contributed by atoms with Crippen LogP contribution in [0.15, 0.2) is 66.7 Å². The highest BCUT2D eigenvalue weighted by Crippen LogP contribution is 2.29. The van der Waals surface area contributed by atoms with Crippen molar-refractivity contribution in [2.75, 3.05) is 19.5 Å². The number of allylic oxidation sites excluding steroid dienone is 1. The quantitative estimate of drug-likeness (QED) is 0.520. The molecule has 142 valence electrons. The van der Waals surface area contributed by atoms with E-state index in [9.17, 15) is 9.59 Å². The van der Waals surface area contributed by atoms with Gasteiger partial charge in [0.05, 0.1) is 25.5 Å². The van der Waals surface area contributed by atoms with E-state index in [1.165, 1.54) is 20.3 Å². The molecule has 0 saturated heterocycles. The lowest BCUT2D eigenvalue weighted by molar-refractivity contribution is -0.111. The third kappa shape index (κ3) is 4.04. The Hall–Kier alpha value is -3.60. The van der Waals surface area contributed by atoms with Gasteiger partial charge in [0.25, 0.3) is 0 Å². The molecular weight excluding hydrogens is 354 g/mol. The molecule has 0 radical (unpaired) electrons. The zero-order valence-electron chi connectivity index (χ0n) is 16.0. The summed E-state index contributed by atoms with van der Waals surface area (Å²) in [5.74, 6) is -0.530. The first-order valence-electron chi connectivity index (χ1n) is 8.77. The maximum atomic E-state index is 12.6. The molecule has 3 aromatic rings. The number of rotatable bonds is 5. The van der Waals surface area contributed by atoms with Crippen LogP contribution in [0.2, 0.25) is 0 Å². The molecule has 0 aliphatic rings. The normalized spacial score (nSPS) is 11.2. The molecule has 0 fully saturated rings. The van der Waals surface area contributed by atoms with E-state index in [-0.39, 0.29) is 17.2 Å². The van der Waals surface area contributed by atoms with Gasteiger partial charge in [0.2, 0.25) is 5.91 Å². The predicted molar refractivity (Wildman–Crippen MR) is 111 cm³/mol. The lowest BCUT2D eigenvalue weighted by atomic mass is 10.0. The Morgan fingerprint density at radius 2 is 1.68 bits per heavy atom. The Bertz CT molecular complexity index is 1070. The first-order valence-corrected chi connectivity index (χ1v) is 8.77. The van der Waals surface area contributed by atoms with Gasteiger partial charge in [0.1, 0.15) is 5.75 Å². The molecule has 1 amide bonds. The first-order chi connectivity index (χ1) is 13.5. The smallest absolute Gasteiger partial charge is 0.340 e. The van der Waals surface area contributed by atoms with Crippen molar-refractivity contribution in [1.82, 2.24) is 0 Å². The highest BCUT2D eigenvalue weighted by molar-refractivity contribution is 6.09. The molecule has 0 saturated carbocycles. The van der Waals surface area contributed by atoms with Crippen LogP contribution in [-0.4, -0.2) is 26.1 Å². The Morgan fingerprint density at radius 3 is 2.39 bits per heavy atom. The van der Waals surface area contributed by atoms with Crippen molar-refractivity contribution in [2.24, 2.45) is 0 Å². The predicted octanol–water partition coefficient (Wildman–Crippen LogP) is 4.68. The number of amides is 1. The molecule has 0 atom stereocenters. The van der Waals surface area contributed by atoms with Crippen LogP contribution >= 0.6 is 0 Å². The standard InChI is InChI=1S/C23H21NO4/c1-15(17-12-11-16-7-4-5-8-18(16)14-17)13-21(25)24-22-19(23(26)28-3)9-6-10-20(22)27-2/h4-14H,1-3H3,(H,24,25). The van der Waals surface area contributed by atoms with Crippen molar-refractivity contribution in [3.63, 3.8) is 0 Å². The van der Waals surface area contributed by atoms with Gasteiger partial charge in [-0.2, -0.15) is 0 Å². The van der Waals surface area contributed by atoms with Crippen LogP contribution in [0.3, 0.4) is 0 Å². The highest BCUT2D eigenvalue weighted by Gasteiger charge is 2.17. The number of hydrogen-bond donors (Lipinski definition) is 1. The topological polar surface area (TPSA) is 64.6 Å². The van der Waals surface area contributed by atoms with E-state index in [1.54, 1.807) is 18.2 Å². The molecule has 0 bridgehead atoms. The zero-order valence-corrected chi connectivity index (χ0v) is 16.0. The number of benzene rings is 3. The monoisotopic (exact) mass is 375 g/mol. The Kier molecular flexibility index (Phi) is 5.75. The van der Waals surface area contributed by atoms with Crippen LogP contribution in [-0.2, 0) is 9.53 Å². The van der Waals surface area contributed by atoms with E-state index < -0.39 is 5.97 Å². The Labute approximate surface area is 163 Å². The molecule has 5 nitrogen and oxygen atoms in total. The number of anilines is 1. The summed E-state index contributed by atoms with van der Waals surface area (Å²) in [6, 6.07) is 19.0. The molecular formula is C23H21NO4. The van der Waals surface area contributed by atoms with Crippen LogP contribution < -0.4 is 10.1 Å². The Morgan fingerprint density at radius 1 is 0.929 bits per heavy atom. The molecule has 28 heavy (non-hydrogen) atoms. The molecule has 0 aliphatic carbocycles. The van der Waals surface area contributed by atoms with Gasteiger partial charge in [-0.05, 0) is 47.0 Å². The van der Waals surface area contributed by atoms with Gasteiger partial charge in [-0.15, -0.1) is 0 Å². The summed E-state index contributed by atoms with van der Waals surface area (Å²) >= 11 is 0. The minimum Gasteiger partial charge on any atom is -0.495 e. The van der Waals surface area contributed by atoms with Crippen molar-refractivity contribution in [3.05, 3.63) is 77.9 Å². The molecule has 3 aromatic carbocycles. The van der Waals surface area contributed by atoms with Crippen molar-refractivity contribution in [1.29, 1.82) is 0 Å². The lowest BCUT2D eigenvalue weighted by Gasteiger charge is -2.13. The van der Waals surface area contributed by atoms with Crippen LogP contribution in [0.5, 0.6) is 5.75 Å². The second-order valence-electron chi connectivity index (χ2n) is 6.25. The van der Waals surface area contributed by atoms with Crippen molar-refractivity contribution in [2.45, 2.75) is 6.92 Å². The summed E-state index contributed by atoms with van der Waals surface area (Å²) in [5, 5.41) is 4.98. The molecule has 3 rings (SSSR count). The SMILES string of the molecule is COC(=O)c1cccc(OC)c1NC(=O)C=C(C)c1ccc2ccccc2c1. The average molecular weight is 375 g/mol. The summed E-state index contributed by atoms with van der Waals surface area (Å²) in [5.41, 5.74) is 2.26. The van der Waals surface area contributed by atoms with E-state index in [0.717, 1.165) is 21.9 Å². The van der Waals surface area contributed by atoms with Gasteiger partial charge in [-0.25, -0.2) is 4.79 Å². The summed E-state index contributed by atoms with van der Waals surface area (Å²) < 4.78 is 10.1. The molecule has 0 heterocycles. The number of methoxy groups -OCH3 is 2. The fraction of sp³-hybridized carbons (Fsp3) is 0.130. The number of hydrogen-bond acceptors (Lipinski definition) is 4. The number of carbonyl (C=O) groups excluding carboxylic acids is 2. The summed E-state index contributed by atoms with van der Waals surface area (Å²) in [4.78, 5) is 24.6. The number of carbonyl (C=O) groups is 2. The minimum atomic E-state index is -0.551. The van der Waals surface area contributed by atoms with Gasteiger partial charge in [0, 0.05) is 6.08 Å². The van der Waals surface area contributed by atoms with E-state index in [4.69, 9.17) is 9.47 Å². The van der Waals surface area contributed by atoms with Gasteiger partial charge in [-0.1, -0.05) is 42.5 Å². The third-order valence-electron chi connectivity index (χ3n) is 4.45. The fourth-order valence-electron chi connectivity index (χ4n) is 2.98. The summed E-state index contributed by atoms with van der Waals surface area (Å²) in [7, 11) is 2.76. The van der Waals surface area contributed by atoms with Crippen molar-refractivity contribution >= 4 is 33.9 Å². The maximum absolute atomic E-state index is 12.6. The Balaban J connectivity index is 1.89. The highest BCUT2D eigenvalue weighted by atomic mass is 16.5. The van der Waals surface area contributed by atoms with E-state index >= 15 is 0 Å². The fourth-order valence-corrected chi connectivity index (χ4v) is 2.98. The molecule has 0 aliphatic heterocycles. The summed E-state index contributed by atoms with van der Waals surface area (Å²) in [6.07, 6.45) is 1.50. The zero-order chi connectivity index (χ0) is 20.1. The van der Waals surface area contributed by atoms with Crippen LogP contribution in [0.4, 0.5) is 5.69 Å². The first kappa shape index (κ1) is 19.2. The van der Waals surface area contributed by atoms with Gasteiger partial charge in [-0.3, -0.25) is 4.79 Å². The van der Waals surface area contributed by atoms with Gasteiger partial charge in [0.15, 0.2) is 0 Å². The molecule has 0 aromatic heterocycles. The second-order valence-corrected chi connectivity index (χ2v) is 6.25. The van der Waals surface area contributed by atoms with Crippen molar-refractivity contribution in [3.8, 4) is 5.75 Å². The van der Waals surface area contributed by atoms with E-state index in [1.807, 2.05) is 49.4 Å². The van der Waals surface area contributed by atoms with Crippen LogP contribution in [0.25, 0.3) is 16.3 Å². The number of nitrogens with one attached hydrogen (secondary N) is 1. The maximum Gasteiger partial charge on any atom is 0.340 e. The molecule has 0 spiro atoms. The largest absolute Gasteiger partial charge is 0.495 e. The van der Waals surface area contributed by atoms with Gasteiger partial charge >= 0.3 is 5.97 Å². The van der Waals surface area contributed by atoms with Gasteiger partial charge < -0.3 is 14.8 Å². The van der Waals surface area contributed by atoms with E-state index in [0.29, 0.717) is 5.75 Å². The number of ether oxygens (including phenoxy) is 2. The number of esters is 1. The number of fused-ring (bicyclic) bond motifs is 1. The minimum absolute atomic E-state index is 0.229. The second kappa shape index (κ2) is 8.39. The molecule has 5 heteroatoms. The van der Waals surface area contributed by atoms with E-state index in [2.05, 4.69) is 5.32 Å². The summed E-state index contributed by atoms with van der Waals surface area (Å²) in [6.45, 7) is 1.87. The lowest BCUT2D eigenvalue weighted by Crippen LogP contribution is -2.14. The van der Waals surface area contributed by atoms with Crippen LogP contribution in [0, 0.1) is 0 Å². The average Bonchev–Trinajstić information content (AvgIpc) is 2.72. The molecule has 0 unspecified atom stereocenters. The van der Waals surface area contributed by atoms with Crippen molar-refractivity contribution < 1.29 is 19.1 Å². The molecule has 1 N–H and O–H groups in total. The van der Waals surface area contributed by atoms with Crippen LogP contribution in [0.1, 0.15) is 22.8 Å². The number of para-hydroxylation sites is 1. The third-order valence-corrected chi connectivity index (χ3v) is 4.45.